The summed E-state index contributed by atoms with van der Waals surface area (Å²) in [5.74, 6) is -0.849. The molecule has 0 aromatic carbocycles. The molecule has 0 aliphatic heterocycles. The van der Waals surface area contributed by atoms with Crippen LogP contribution in [0.2, 0.25) is 0 Å². The summed E-state index contributed by atoms with van der Waals surface area (Å²) in [6, 6.07) is 0. The van der Waals surface area contributed by atoms with Crippen molar-refractivity contribution < 1.29 is 14.6 Å². The second-order valence-corrected chi connectivity index (χ2v) is 4.71. The predicted molar refractivity (Wildman–Crippen MR) is 58.6 cm³/mol. The van der Waals surface area contributed by atoms with Crippen LogP contribution in [0.3, 0.4) is 0 Å². The van der Waals surface area contributed by atoms with E-state index in [-0.39, 0.29) is 17.0 Å². The highest BCUT2D eigenvalue weighted by Gasteiger charge is 2.11. The van der Waals surface area contributed by atoms with Gasteiger partial charge in [-0.15, -0.1) is 0 Å². The third-order valence-electron chi connectivity index (χ3n) is 1.93. The largest absolute Gasteiger partial charge is 0.477 e. The van der Waals surface area contributed by atoms with Gasteiger partial charge >= 0.3 is 5.97 Å². The van der Waals surface area contributed by atoms with Gasteiger partial charge < -0.3 is 9.84 Å². The minimum absolute atomic E-state index is 0.103. The number of ether oxygens (including phenoxy) is 1. The van der Waals surface area contributed by atoms with Gasteiger partial charge in [0.1, 0.15) is 0 Å². The van der Waals surface area contributed by atoms with E-state index in [0.717, 1.165) is 6.42 Å². The Balaban J connectivity index is 2.55. The molecule has 0 atom stereocenters. The molecule has 0 saturated carbocycles. The summed E-state index contributed by atoms with van der Waals surface area (Å²) >= 11 is 0. The van der Waals surface area contributed by atoms with Crippen molar-refractivity contribution in [2.24, 2.45) is 5.41 Å². The molecular weight excluding hydrogens is 208 g/mol. The van der Waals surface area contributed by atoms with E-state index >= 15 is 0 Å². The first-order chi connectivity index (χ1) is 7.38. The number of carboxylic acids is 1. The average Bonchev–Trinajstić information content (AvgIpc) is 2.16. The number of aromatic nitrogens is 2. The highest BCUT2D eigenvalue weighted by molar-refractivity contribution is 5.84. The fourth-order valence-electron chi connectivity index (χ4n) is 0.982. The van der Waals surface area contributed by atoms with Crippen LogP contribution in [0.15, 0.2) is 12.4 Å². The first-order valence-electron chi connectivity index (χ1n) is 5.07. The van der Waals surface area contributed by atoms with Gasteiger partial charge in [0.15, 0.2) is 5.69 Å². The van der Waals surface area contributed by atoms with E-state index in [0.29, 0.717) is 6.61 Å². The van der Waals surface area contributed by atoms with Crippen LogP contribution in [-0.4, -0.2) is 27.7 Å². The van der Waals surface area contributed by atoms with Gasteiger partial charge in [-0.05, 0) is 11.8 Å². The maximum Gasteiger partial charge on any atom is 0.356 e. The Kier molecular flexibility index (Phi) is 3.82. The molecule has 1 heterocycles. The molecule has 1 N–H and O–H groups in total. The predicted octanol–water partition coefficient (Wildman–Crippen LogP) is 1.99. The van der Waals surface area contributed by atoms with Crippen molar-refractivity contribution in [1.29, 1.82) is 0 Å². The van der Waals surface area contributed by atoms with Gasteiger partial charge in [-0.3, -0.25) is 4.98 Å². The van der Waals surface area contributed by atoms with Crippen molar-refractivity contribution in [3.8, 4) is 5.88 Å². The maximum absolute atomic E-state index is 10.6. The van der Waals surface area contributed by atoms with Crippen LogP contribution in [0.5, 0.6) is 5.88 Å². The molecule has 5 heteroatoms. The number of carboxylic acid groups (broad SMARTS) is 1. The first kappa shape index (κ1) is 12.4. The zero-order valence-electron chi connectivity index (χ0n) is 9.73. The summed E-state index contributed by atoms with van der Waals surface area (Å²) in [7, 11) is 0. The summed E-state index contributed by atoms with van der Waals surface area (Å²) in [4.78, 5) is 18.2. The topological polar surface area (TPSA) is 72.3 Å². The van der Waals surface area contributed by atoms with E-state index in [9.17, 15) is 4.79 Å². The molecule has 0 aliphatic rings. The van der Waals surface area contributed by atoms with Gasteiger partial charge in [0.2, 0.25) is 5.88 Å². The molecule has 5 nitrogen and oxygen atoms in total. The number of nitrogens with zero attached hydrogens (tertiary/aromatic N) is 2. The van der Waals surface area contributed by atoms with Crippen molar-refractivity contribution in [1.82, 2.24) is 9.97 Å². The molecule has 16 heavy (non-hydrogen) atoms. The number of hydrogen-bond donors (Lipinski definition) is 1. The highest BCUT2D eigenvalue weighted by Crippen LogP contribution is 2.18. The van der Waals surface area contributed by atoms with E-state index < -0.39 is 5.97 Å². The molecule has 88 valence electrons. The maximum atomic E-state index is 10.6. The molecule has 1 aromatic rings. The fourth-order valence-corrected chi connectivity index (χ4v) is 0.982. The van der Waals surface area contributed by atoms with Crippen LogP contribution < -0.4 is 4.74 Å². The Morgan fingerprint density at radius 2 is 2.12 bits per heavy atom. The van der Waals surface area contributed by atoms with E-state index in [1.54, 1.807) is 0 Å². The van der Waals surface area contributed by atoms with Gasteiger partial charge in [0.25, 0.3) is 0 Å². The Morgan fingerprint density at radius 1 is 1.44 bits per heavy atom. The molecule has 0 bridgehead atoms. The lowest BCUT2D eigenvalue weighted by molar-refractivity contribution is 0.0688. The lowest BCUT2D eigenvalue weighted by Crippen LogP contribution is -2.12. The molecule has 0 unspecified atom stereocenters. The van der Waals surface area contributed by atoms with E-state index in [1.807, 2.05) is 0 Å². The average molecular weight is 224 g/mol. The van der Waals surface area contributed by atoms with Crippen LogP contribution >= 0.6 is 0 Å². The normalized spacial score (nSPS) is 11.2. The minimum atomic E-state index is -1.10. The lowest BCUT2D eigenvalue weighted by Gasteiger charge is -2.17. The van der Waals surface area contributed by atoms with E-state index in [1.165, 1.54) is 12.4 Å². The van der Waals surface area contributed by atoms with Crippen molar-refractivity contribution in [3.63, 3.8) is 0 Å². The second kappa shape index (κ2) is 4.92. The van der Waals surface area contributed by atoms with Gasteiger partial charge in [-0.1, -0.05) is 20.8 Å². The van der Waals surface area contributed by atoms with Crippen molar-refractivity contribution in [2.75, 3.05) is 6.61 Å². The summed E-state index contributed by atoms with van der Waals surface area (Å²) < 4.78 is 5.34. The zero-order valence-corrected chi connectivity index (χ0v) is 9.73. The minimum Gasteiger partial charge on any atom is -0.477 e. The standard InChI is InChI=1S/C11H16N2O3/c1-11(2,3)4-5-16-9-7-12-6-8(13-9)10(14)15/h6-7H,4-5H2,1-3H3,(H,14,15). The first-order valence-corrected chi connectivity index (χ1v) is 5.07. The van der Waals surface area contributed by atoms with Crippen LogP contribution in [0.1, 0.15) is 37.7 Å². The summed E-state index contributed by atoms with van der Waals surface area (Å²) in [5, 5.41) is 8.71. The molecular formula is C11H16N2O3. The summed E-state index contributed by atoms with van der Waals surface area (Å²) in [6.45, 7) is 6.82. The van der Waals surface area contributed by atoms with Gasteiger partial charge in [0, 0.05) is 0 Å². The molecule has 0 aliphatic carbocycles. The van der Waals surface area contributed by atoms with Crippen LogP contribution in [0.4, 0.5) is 0 Å². The third kappa shape index (κ3) is 4.25. The molecule has 0 spiro atoms. The van der Waals surface area contributed by atoms with Gasteiger partial charge in [-0.25, -0.2) is 9.78 Å². The van der Waals surface area contributed by atoms with Gasteiger partial charge in [0.05, 0.1) is 19.0 Å². The van der Waals surface area contributed by atoms with Crippen molar-refractivity contribution >= 4 is 5.97 Å². The molecule has 0 amide bonds. The highest BCUT2D eigenvalue weighted by atomic mass is 16.5. The monoisotopic (exact) mass is 224 g/mol. The zero-order chi connectivity index (χ0) is 12.2. The van der Waals surface area contributed by atoms with Crippen LogP contribution in [-0.2, 0) is 0 Å². The molecule has 1 aromatic heterocycles. The Hall–Kier alpha value is -1.65. The quantitative estimate of drug-likeness (QED) is 0.846. The van der Waals surface area contributed by atoms with Gasteiger partial charge in [-0.2, -0.15) is 0 Å². The Labute approximate surface area is 94.5 Å². The molecule has 0 saturated heterocycles. The number of aromatic carboxylic acids is 1. The Bertz CT molecular complexity index is 372. The molecule has 0 fully saturated rings. The van der Waals surface area contributed by atoms with E-state index in [2.05, 4.69) is 30.7 Å². The SMILES string of the molecule is CC(C)(C)CCOc1cncc(C(=O)O)n1. The van der Waals surface area contributed by atoms with Crippen molar-refractivity contribution in [3.05, 3.63) is 18.1 Å². The third-order valence-corrected chi connectivity index (χ3v) is 1.93. The number of hydrogen-bond acceptors (Lipinski definition) is 4. The smallest absolute Gasteiger partial charge is 0.356 e. The fraction of sp³-hybridized carbons (Fsp3) is 0.545. The number of rotatable bonds is 4. The molecule has 0 radical (unpaired) electrons. The van der Waals surface area contributed by atoms with Crippen molar-refractivity contribution in [2.45, 2.75) is 27.2 Å². The molecule has 1 rings (SSSR count). The summed E-state index contributed by atoms with van der Waals surface area (Å²) in [6.07, 6.45) is 3.47. The van der Waals surface area contributed by atoms with E-state index in [4.69, 9.17) is 9.84 Å². The number of carbonyl (C=O) groups is 1. The van der Waals surface area contributed by atoms with Crippen LogP contribution in [0.25, 0.3) is 0 Å². The van der Waals surface area contributed by atoms with Crippen LogP contribution in [0, 0.1) is 5.41 Å². The Morgan fingerprint density at radius 3 is 2.69 bits per heavy atom. The lowest BCUT2D eigenvalue weighted by atomic mass is 9.93. The second-order valence-electron chi connectivity index (χ2n) is 4.71. The summed E-state index contributed by atoms with van der Waals surface area (Å²) in [5.41, 5.74) is 0.0749.